The highest BCUT2D eigenvalue weighted by molar-refractivity contribution is 7.98. The molecular formula is C28H34S2. The maximum atomic E-state index is 2.47. The van der Waals surface area contributed by atoms with Gasteiger partial charge in [0, 0.05) is 21.1 Å². The zero-order chi connectivity index (χ0) is 20.6. The average molecular weight is 435 g/mol. The first-order valence-corrected chi connectivity index (χ1v) is 14.2. The second-order valence-electron chi connectivity index (χ2n) is 9.50. The Balaban J connectivity index is 1.68. The van der Waals surface area contributed by atoms with Gasteiger partial charge in [-0.3, -0.25) is 0 Å². The van der Waals surface area contributed by atoms with Gasteiger partial charge in [0.1, 0.15) is 0 Å². The molecule has 1 fully saturated rings. The third kappa shape index (κ3) is 3.58. The molecule has 5 rings (SSSR count). The lowest BCUT2D eigenvalue weighted by atomic mass is 9.51. The van der Waals surface area contributed by atoms with Crippen LogP contribution in [-0.2, 0) is 5.41 Å². The molecule has 3 aliphatic rings. The van der Waals surface area contributed by atoms with E-state index in [1.54, 1.807) is 11.1 Å². The molecule has 3 unspecified atom stereocenters. The minimum Gasteiger partial charge on any atom is -0.130 e. The van der Waals surface area contributed by atoms with Crippen LogP contribution in [-0.4, -0.2) is 12.5 Å². The van der Waals surface area contributed by atoms with Crippen LogP contribution in [0, 0.1) is 5.92 Å². The maximum Gasteiger partial charge on any atom is 0.0148 e. The monoisotopic (exact) mass is 434 g/mol. The number of fused-ring (bicyclic) bond motifs is 3. The summed E-state index contributed by atoms with van der Waals surface area (Å²) < 4.78 is 0. The van der Waals surface area contributed by atoms with Crippen molar-refractivity contribution in [1.82, 2.24) is 0 Å². The first kappa shape index (κ1) is 20.8. The first-order valence-electron chi connectivity index (χ1n) is 11.8. The Bertz CT molecular complexity index is 909. The van der Waals surface area contributed by atoms with Crippen molar-refractivity contribution >= 4 is 23.5 Å². The summed E-state index contributed by atoms with van der Waals surface area (Å²) in [6.07, 6.45) is 16.8. The number of rotatable bonds is 4. The van der Waals surface area contributed by atoms with Gasteiger partial charge in [-0.2, -0.15) is 0 Å². The lowest BCUT2D eigenvalue weighted by Crippen LogP contribution is -2.44. The van der Waals surface area contributed by atoms with Gasteiger partial charge in [0.25, 0.3) is 0 Å². The standard InChI is InChI=1S/C28H34S2/c1-29-23-14-10-20(11-15-23)27-26-9-5-3-4-8-25(26)21-7-6-18-28(27,19-21)22-12-16-24(30-2)17-13-22/h10-17,21,27H,3-9,18-19H2,1-2H3. The van der Waals surface area contributed by atoms with E-state index >= 15 is 0 Å². The summed E-state index contributed by atoms with van der Waals surface area (Å²) in [4.78, 5) is 2.76. The third-order valence-electron chi connectivity index (χ3n) is 8.10. The predicted molar refractivity (Wildman–Crippen MR) is 133 cm³/mol. The number of thioether (sulfide) groups is 2. The van der Waals surface area contributed by atoms with E-state index in [2.05, 4.69) is 61.0 Å². The highest BCUT2D eigenvalue weighted by atomic mass is 32.2. The second-order valence-corrected chi connectivity index (χ2v) is 11.3. The molecule has 0 saturated heterocycles. The molecular weight excluding hydrogens is 400 g/mol. The minimum absolute atomic E-state index is 0.282. The Morgan fingerprint density at radius 2 is 1.37 bits per heavy atom. The van der Waals surface area contributed by atoms with Crippen molar-refractivity contribution in [3.63, 3.8) is 0 Å². The van der Waals surface area contributed by atoms with Crippen molar-refractivity contribution in [3.8, 4) is 0 Å². The van der Waals surface area contributed by atoms with E-state index in [1.165, 1.54) is 67.6 Å². The molecule has 3 aliphatic carbocycles. The van der Waals surface area contributed by atoms with Gasteiger partial charge in [-0.1, -0.05) is 48.3 Å². The van der Waals surface area contributed by atoms with Crippen LogP contribution in [0.3, 0.4) is 0 Å². The molecule has 0 heterocycles. The van der Waals surface area contributed by atoms with Crippen molar-refractivity contribution < 1.29 is 0 Å². The zero-order valence-corrected chi connectivity index (χ0v) is 20.1. The molecule has 0 radical (unpaired) electrons. The van der Waals surface area contributed by atoms with Crippen LogP contribution in [0.5, 0.6) is 0 Å². The van der Waals surface area contributed by atoms with Crippen LogP contribution >= 0.6 is 23.5 Å². The molecule has 2 bridgehead atoms. The molecule has 0 amide bonds. The fraction of sp³-hybridized carbons (Fsp3) is 0.500. The minimum atomic E-state index is 0.282. The molecule has 2 heteroatoms. The number of hydrogen-bond acceptors (Lipinski definition) is 2. The summed E-state index contributed by atoms with van der Waals surface area (Å²) >= 11 is 3.71. The van der Waals surface area contributed by atoms with E-state index in [4.69, 9.17) is 0 Å². The maximum absolute atomic E-state index is 2.47. The largest absolute Gasteiger partial charge is 0.130 e. The molecule has 1 saturated carbocycles. The van der Waals surface area contributed by atoms with Gasteiger partial charge in [-0.15, -0.1) is 23.5 Å². The van der Waals surface area contributed by atoms with Crippen LogP contribution in [0.2, 0.25) is 0 Å². The molecule has 30 heavy (non-hydrogen) atoms. The highest BCUT2D eigenvalue weighted by Crippen LogP contribution is 2.61. The second kappa shape index (κ2) is 8.79. The molecule has 0 spiro atoms. The quantitative estimate of drug-likeness (QED) is 0.349. The zero-order valence-electron chi connectivity index (χ0n) is 18.5. The van der Waals surface area contributed by atoms with Crippen molar-refractivity contribution in [3.05, 3.63) is 70.8 Å². The third-order valence-corrected chi connectivity index (χ3v) is 9.59. The van der Waals surface area contributed by atoms with Crippen LogP contribution in [0.1, 0.15) is 74.8 Å². The first-order chi connectivity index (χ1) is 14.7. The van der Waals surface area contributed by atoms with E-state index < -0.39 is 0 Å². The van der Waals surface area contributed by atoms with Gasteiger partial charge >= 0.3 is 0 Å². The van der Waals surface area contributed by atoms with E-state index in [1.807, 2.05) is 34.7 Å². The smallest absolute Gasteiger partial charge is 0.0148 e. The van der Waals surface area contributed by atoms with E-state index in [0.29, 0.717) is 5.92 Å². The fourth-order valence-corrected chi connectivity index (χ4v) is 7.61. The Morgan fingerprint density at radius 1 is 0.733 bits per heavy atom. The van der Waals surface area contributed by atoms with Gasteiger partial charge in [0.2, 0.25) is 0 Å². The van der Waals surface area contributed by atoms with Crippen molar-refractivity contribution in [2.45, 2.75) is 78.9 Å². The Hall–Kier alpha value is -1.12. The number of benzene rings is 2. The predicted octanol–water partition coefficient (Wildman–Crippen LogP) is 8.62. The molecule has 2 aromatic carbocycles. The molecule has 0 nitrogen and oxygen atoms in total. The summed E-state index contributed by atoms with van der Waals surface area (Å²) in [6, 6.07) is 19.3. The van der Waals surface area contributed by atoms with Crippen LogP contribution in [0.25, 0.3) is 0 Å². The molecule has 0 aliphatic heterocycles. The van der Waals surface area contributed by atoms with Gasteiger partial charge in [-0.25, -0.2) is 0 Å². The summed E-state index contributed by atoms with van der Waals surface area (Å²) in [5.41, 5.74) is 7.16. The van der Waals surface area contributed by atoms with Crippen molar-refractivity contribution in [2.75, 3.05) is 12.5 Å². The molecule has 2 aromatic rings. The fourth-order valence-electron chi connectivity index (χ4n) is 6.79. The van der Waals surface area contributed by atoms with Crippen molar-refractivity contribution in [2.24, 2.45) is 5.92 Å². The highest BCUT2D eigenvalue weighted by Gasteiger charge is 2.50. The summed E-state index contributed by atoms with van der Waals surface area (Å²) in [5, 5.41) is 0. The number of allylic oxidation sites excluding steroid dienone is 2. The summed E-state index contributed by atoms with van der Waals surface area (Å²) in [7, 11) is 0. The molecule has 158 valence electrons. The Labute approximate surface area is 191 Å². The van der Waals surface area contributed by atoms with Gasteiger partial charge in [0.05, 0.1) is 0 Å². The SMILES string of the molecule is CSc1ccc(C2C3=C(CCCCC3)C3CCCC2(c2ccc(SC)cc2)C3)cc1. The Kier molecular flexibility index (Phi) is 6.08. The lowest BCUT2D eigenvalue weighted by molar-refractivity contribution is 0.190. The summed E-state index contributed by atoms with van der Waals surface area (Å²) in [5.74, 6) is 1.40. The Morgan fingerprint density at radius 3 is 2.03 bits per heavy atom. The van der Waals surface area contributed by atoms with Crippen LogP contribution < -0.4 is 0 Å². The van der Waals surface area contributed by atoms with E-state index in [0.717, 1.165) is 5.92 Å². The lowest BCUT2D eigenvalue weighted by Gasteiger charge is -2.53. The van der Waals surface area contributed by atoms with Gasteiger partial charge in [-0.05, 0) is 98.8 Å². The number of hydrogen-bond donors (Lipinski definition) is 0. The average Bonchev–Trinajstić information content (AvgIpc) is 3.06. The summed E-state index contributed by atoms with van der Waals surface area (Å²) in [6.45, 7) is 0. The van der Waals surface area contributed by atoms with Crippen LogP contribution in [0.15, 0.2) is 69.5 Å². The van der Waals surface area contributed by atoms with E-state index in [-0.39, 0.29) is 5.41 Å². The van der Waals surface area contributed by atoms with Crippen LogP contribution in [0.4, 0.5) is 0 Å². The molecule has 0 N–H and O–H groups in total. The topological polar surface area (TPSA) is 0 Å². The van der Waals surface area contributed by atoms with Gasteiger partial charge < -0.3 is 0 Å². The van der Waals surface area contributed by atoms with Crippen molar-refractivity contribution in [1.29, 1.82) is 0 Å². The van der Waals surface area contributed by atoms with E-state index in [9.17, 15) is 0 Å². The van der Waals surface area contributed by atoms with Gasteiger partial charge in [0.15, 0.2) is 0 Å². The normalized spacial score (nSPS) is 28.7. The molecule has 3 atom stereocenters. The molecule has 0 aromatic heterocycles.